The first-order chi connectivity index (χ1) is 19.6. The van der Waals surface area contributed by atoms with Gasteiger partial charge in [-0.05, 0) is 57.2 Å². The topological polar surface area (TPSA) is 105 Å². The number of thiazole rings is 1. The SMILES string of the molecule is Cc1nc(C)n(CC(=O)N2CCN(c3sc(C(F)(F)F)nc3-c3nc4ccc(C5CCOCC5)cc4[nH]3)CC2C)n1. The van der Waals surface area contributed by atoms with Crippen LogP contribution >= 0.6 is 11.3 Å². The Morgan fingerprint density at radius 2 is 1.93 bits per heavy atom. The van der Waals surface area contributed by atoms with Crippen LogP contribution in [0.5, 0.6) is 0 Å². The minimum absolute atomic E-state index is 0.0654. The number of nitrogens with one attached hydrogen (secondary N) is 1. The number of aryl methyl sites for hydroxylation is 2. The third-order valence-corrected chi connectivity index (χ3v) is 8.92. The lowest BCUT2D eigenvalue weighted by molar-refractivity contribution is -0.137. The number of hydrogen-bond acceptors (Lipinski definition) is 8. The number of nitrogens with zero attached hydrogens (tertiary/aromatic N) is 7. The van der Waals surface area contributed by atoms with Gasteiger partial charge in [0.1, 0.15) is 28.9 Å². The number of fused-ring (bicyclic) bond motifs is 1. The van der Waals surface area contributed by atoms with Crippen molar-refractivity contribution in [2.24, 2.45) is 0 Å². The summed E-state index contributed by atoms with van der Waals surface area (Å²) in [7, 11) is 0. The fourth-order valence-corrected chi connectivity index (χ4v) is 6.64. The molecule has 4 aromatic rings. The zero-order chi connectivity index (χ0) is 28.9. The maximum absolute atomic E-state index is 13.8. The number of carbonyl (C=O) groups is 1. The smallest absolute Gasteiger partial charge is 0.381 e. The van der Waals surface area contributed by atoms with Crippen molar-refractivity contribution in [2.45, 2.75) is 58.3 Å². The molecule has 2 fully saturated rings. The number of anilines is 1. The van der Waals surface area contributed by atoms with Crippen molar-refractivity contribution in [3.63, 3.8) is 0 Å². The molecular formula is C27H31F3N8O2S. The maximum Gasteiger partial charge on any atom is 0.443 e. The molecule has 5 heterocycles. The Morgan fingerprint density at radius 3 is 2.61 bits per heavy atom. The van der Waals surface area contributed by atoms with E-state index in [9.17, 15) is 18.0 Å². The number of imidazole rings is 1. The van der Waals surface area contributed by atoms with Crippen LogP contribution in [0.4, 0.5) is 18.2 Å². The van der Waals surface area contributed by atoms with Crippen LogP contribution in [0.25, 0.3) is 22.6 Å². The van der Waals surface area contributed by atoms with Crippen molar-refractivity contribution < 1.29 is 22.7 Å². The molecule has 0 radical (unpaired) electrons. The second kappa shape index (κ2) is 10.7. The van der Waals surface area contributed by atoms with E-state index in [1.54, 1.807) is 23.4 Å². The standard InChI is InChI=1S/C27H31F3N8O2S/c1-15-13-36(8-9-37(15)22(39)14-38-17(3)31-16(2)35-38)25-23(34-26(41-25)27(28,29)30)24-32-20-5-4-19(12-21(20)33-24)18-6-10-40-11-7-18/h4-5,12,15,18H,6-11,13-14H2,1-3H3,(H,32,33). The molecule has 3 aromatic heterocycles. The van der Waals surface area contributed by atoms with Crippen molar-refractivity contribution in [3.8, 4) is 11.5 Å². The van der Waals surface area contributed by atoms with Crippen molar-refractivity contribution in [3.05, 3.63) is 40.4 Å². The maximum atomic E-state index is 13.8. The Labute approximate surface area is 238 Å². The molecule has 10 nitrogen and oxygen atoms in total. The summed E-state index contributed by atoms with van der Waals surface area (Å²) in [6.45, 7) is 8.05. The normalized spacial score (nSPS) is 18.9. The third-order valence-electron chi connectivity index (χ3n) is 7.76. The number of hydrogen-bond donors (Lipinski definition) is 1. The molecule has 14 heteroatoms. The van der Waals surface area contributed by atoms with Crippen LogP contribution in [-0.4, -0.2) is 79.4 Å². The van der Waals surface area contributed by atoms with Crippen LogP contribution in [0.1, 0.15) is 47.9 Å². The van der Waals surface area contributed by atoms with Crippen molar-refractivity contribution in [1.29, 1.82) is 0 Å². The first-order valence-electron chi connectivity index (χ1n) is 13.6. The second-order valence-corrected chi connectivity index (χ2v) is 11.6. The number of piperazine rings is 1. The zero-order valence-electron chi connectivity index (χ0n) is 23.0. The van der Waals surface area contributed by atoms with Crippen molar-refractivity contribution in [2.75, 3.05) is 37.7 Å². The minimum Gasteiger partial charge on any atom is -0.381 e. The van der Waals surface area contributed by atoms with Gasteiger partial charge < -0.3 is 19.5 Å². The van der Waals surface area contributed by atoms with Gasteiger partial charge in [0.15, 0.2) is 5.82 Å². The predicted octanol–water partition coefficient (Wildman–Crippen LogP) is 4.54. The molecular weight excluding hydrogens is 557 g/mol. The highest BCUT2D eigenvalue weighted by Crippen LogP contribution is 2.43. The first-order valence-corrected chi connectivity index (χ1v) is 14.5. The van der Waals surface area contributed by atoms with Gasteiger partial charge in [0, 0.05) is 38.9 Å². The number of rotatable bonds is 5. The third kappa shape index (κ3) is 5.54. The van der Waals surface area contributed by atoms with Gasteiger partial charge in [-0.15, -0.1) is 0 Å². The summed E-state index contributed by atoms with van der Waals surface area (Å²) in [5.41, 5.74) is 2.77. The van der Waals surface area contributed by atoms with Gasteiger partial charge in [-0.25, -0.2) is 19.6 Å². The molecule has 1 N–H and O–H groups in total. The number of aromatic amines is 1. The molecule has 0 bridgehead atoms. The molecule has 2 aliphatic rings. The highest BCUT2D eigenvalue weighted by atomic mass is 32.1. The minimum atomic E-state index is -4.59. The molecule has 2 aliphatic heterocycles. The van der Waals surface area contributed by atoms with E-state index in [2.05, 4.69) is 25.0 Å². The summed E-state index contributed by atoms with van der Waals surface area (Å²) < 4.78 is 48.6. The van der Waals surface area contributed by atoms with E-state index in [1.165, 1.54) is 0 Å². The summed E-state index contributed by atoms with van der Waals surface area (Å²) in [6.07, 6.45) is -2.72. The Morgan fingerprint density at radius 1 is 1.15 bits per heavy atom. The molecule has 0 aliphatic carbocycles. The highest BCUT2D eigenvalue weighted by molar-refractivity contribution is 7.16. The molecule has 0 spiro atoms. The number of amides is 1. The molecule has 1 atom stereocenters. The van der Waals surface area contributed by atoms with Crippen molar-refractivity contribution >= 4 is 33.3 Å². The lowest BCUT2D eigenvalue weighted by Crippen LogP contribution is -2.54. The summed E-state index contributed by atoms with van der Waals surface area (Å²) in [4.78, 5) is 32.8. The number of H-pyrrole nitrogens is 1. The Bertz CT molecular complexity index is 1570. The fraction of sp³-hybridized carbons (Fsp3) is 0.519. The van der Waals surface area contributed by atoms with Crippen LogP contribution in [0.2, 0.25) is 0 Å². The Hall–Kier alpha value is -3.52. The van der Waals surface area contributed by atoms with E-state index in [0.29, 0.717) is 64.9 Å². The molecule has 6 rings (SSSR count). The van der Waals surface area contributed by atoms with Gasteiger partial charge in [-0.3, -0.25) is 4.79 Å². The van der Waals surface area contributed by atoms with E-state index in [1.807, 2.05) is 30.0 Å². The number of halogens is 3. The van der Waals surface area contributed by atoms with Gasteiger partial charge in [0.25, 0.3) is 0 Å². The zero-order valence-corrected chi connectivity index (χ0v) is 23.8. The summed E-state index contributed by atoms with van der Waals surface area (Å²) in [5.74, 6) is 1.82. The van der Waals surface area contributed by atoms with Gasteiger partial charge in [-0.2, -0.15) is 18.3 Å². The lowest BCUT2D eigenvalue weighted by Gasteiger charge is -2.40. The Balaban J connectivity index is 1.26. The van der Waals surface area contributed by atoms with Crippen LogP contribution in [0.15, 0.2) is 18.2 Å². The number of carbonyl (C=O) groups excluding carboxylic acids is 1. The molecule has 218 valence electrons. The van der Waals surface area contributed by atoms with Gasteiger partial charge in [-0.1, -0.05) is 17.4 Å². The fourth-order valence-electron chi connectivity index (χ4n) is 5.67. The van der Waals surface area contributed by atoms with Crippen LogP contribution in [0.3, 0.4) is 0 Å². The van der Waals surface area contributed by atoms with E-state index in [0.717, 1.165) is 37.1 Å². The molecule has 0 saturated carbocycles. The summed E-state index contributed by atoms with van der Waals surface area (Å²) in [6, 6.07) is 5.74. The van der Waals surface area contributed by atoms with Gasteiger partial charge in [0.05, 0.1) is 11.0 Å². The van der Waals surface area contributed by atoms with Crippen LogP contribution in [-0.2, 0) is 22.3 Å². The highest BCUT2D eigenvalue weighted by Gasteiger charge is 2.39. The number of ether oxygens (including phenoxy) is 1. The van der Waals surface area contributed by atoms with E-state index in [-0.39, 0.29) is 24.2 Å². The average Bonchev–Trinajstić information content (AvgIpc) is 3.64. The molecule has 2 saturated heterocycles. The first kappa shape index (κ1) is 27.6. The lowest BCUT2D eigenvalue weighted by atomic mass is 9.91. The number of alkyl halides is 3. The largest absolute Gasteiger partial charge is 0.443 e. The van der Waals surface area contributed by atoms with E-state index < -0.39 is 11.2 Å². The van der Waals surface area contributed by atoms with Gasteiger partial charge in [0.2, 0.25) is 10.9 Å². The van der Waals surface area contributed by atoms with Crippen LogP contribution < -0.4 is 4.90 Å². The van der Waals surface area contributed by atoms with Crippen LogP contribution in [0, 0.1) is 13.8 Å². The Kier molecular flexibility index (Phi) is 7.22. The monoisotopic (exact) mass is 588 g/mol. The quantitative estimate of drug-likeness (QED) is 0.365. The number of benzene rings is 1. The predicted molar refractivity (Wildman–Crippen MR) is 148 cm³/mol. The van der Waals surface area contributed by atoms with E-state index in [4.69, 9.17) is 4.74 Å². The molecule has 41 heavy (non-hydrogen) atoms. The van der Waals surface area contributed by atoms with Crippen molar-refractivity contribution in [1.82, 2.24) is 34.6 Å². The molecule has 1 aromatic carbocycles. The molecule has 1 amide bonds. The summed E-state index contributed by atoms with van der Waals surface area (Å²) >= 11 is 0.613. The number of aromatic nitrogens is 6. The van der Waals surface area contributed by atoms with E-state index >= 15 is 0 Å². The average molecular weight is 589 g/mol. The molecule has 1 unspecified atom stereocenters. The second-order valence-electron chi connectivity index (χ2n) is 10.7. The summed E-state index contributed by atoms with van der Waals surface area (Å²) in [5, 5.41) is 3.74. The van der Waals surface area contributed by atoms with Gasteiger partial charge >= 0.3 is 6.18 Å².